The second kappa shape index (κ2) is 7.03. The van der Waals surface area contributed by atoms with Gasteiger partial charge in [-0.25, -0.2) is 9.97 Å². The highest BCUT2D eigenvalue weighted by molar-refractivity contribution is 9.10. The zero-order valence-electron chi connectivity index (χ0n) is 14.7. The van der Waals surface area contributed by atoms with Crippen LogP contribution < -0.4 is 11.1 Å². The number of rotatable bonds is 5. The van der Waals surface area contributed by atoms with E-state index in [0.29, 0.717) is 33.9 Å². The summed E-state index contributed by atoms with van der Waals surface area (Å²) in [7, 11) is 0. The number of amides is 1. The molecule has 0 atom stereocenters. The molecule has 0 spiro atoms. The number of hydrogen-bond donors (Lipinski definition) is 2. The summed E-state index contributed by atoms with van der Waals surface area (Å²) in [5.74, 6) is 0.309. The lowest BCUT2D eigenvalue weighted by Gasteiger charge is -2.10. The fourth-order valence-corrected chi connectivity index (χ4v) is 3.30. The van der Waals surface area contributed by atoms with E-state index in [0.717, 1.165) is 23.9 Å². The molecule has 0 radical (unpaired) electrons. The monoisotopic (exact) mass is 427 g/mol. The Morgan fingerprint density at radius 2 is 1.96 bits per heavy atom. The van der Waals surface area contributed by atoms with Crippen molar-refractivity contribution in [3.05, 3.63) is 46.8 Å². The molecule has 1 amide bonds. The maximum atomic E-state index is 12.6. The van der Waals surface area contributed by atoms with Crippen molar-refractivity contribution in [3.8, 4) is 0 Å². The number of benzene rings is 1. The van der Waals surface area contributed by atoms with Gasteiger partial charge in [0.25, 0.3) is 5.91 Å². The summed E-state index contributed by atoms with van der Waals surface area (Å²) in [6, 6.07) is 10.9. The molecule has 3 N–H and O–H groups in total. The standard InChI is InChI=1S/C19H18BrN5O2/c1-2-3-10-25-17(24-19(26)13-8-9-14(20)27-13)15(21)16-18(25)23-12-7-5-4-6-11(12)22-16/h4-9H,2-3,10,21H2,1H3,(H,24,26). The molecule has 3 heterocycles. The average Bonchev–Trinajstić information content (AvgIpc) is 3.21. The molecule has 0 saturated heterocycles. The summed E-state index contributed by atoms with van der Waals surface area (Å²) < 4.78 is 7.75. The first-order valence-corrected chi connectivity index (χ1v) is 9.49. The van der Waals surface area contributed by atoms with Gasteiger partial charge in [0, 0.05) is 6.54 Å². The van der Waals surface area contributed by atoms with Crippen LogP contribution in [0, 0.1) is 0 Å². The van der Waals surface area contributed by atoms with Crippen LogP contribution in [0.25, 0.3) is 22.2 Å². The van der Waals surface area contributed by atoms with Gasteiger partial charge in [0.15, 0.2) is 16.1 Å². The Bertz CT molecular complexity index is 1150. The molecule has 138 valence electrons. The number of nitrogens with two attached hydrogens (primary N) is 1. The first kappa shape index (κ1) is 17.5. The van der Waals surface area contributed by atoms with Gasteiger partial charge >= 0.3 is 0 Å². The molecule has 0 bridgehead atoms. The third kappa shape index (κ3) is 3.16. The van der Waals surface area contributed by atoms with Gasteiger partial charge in [-0.05, 0) is 46.6 Å². The number of para-hydroxylation sites is 2. The zero-order valence-corrected chi connectivity index (χ0v) is 16.3. The molecule has 4 aromatic rings. The first-order chi connectivity index (χ1) is 13.1. The quantitative estimate of drug-likeness (QED) is 0.485. The van der Waals surface area contributed by atoms with E-state index in [2.05, 4.69) is 33.2 Å². The third-order valence-corrected chi connectivity index (χ3v) is 4.78. The van der Waals surface area contributed by atoms with Crippen LogP contribution >= 0.6 is 15.9 Å². The highest BCUT2D eigenvalue weighted by atomic mass is 79.9. The number of halogens is 1. The maximum absolute atomic E-state index is 12.6. The van der Waals surface area contributed by atoms with Gasteiger partial charge < -0.3 is 20.0 Å². The van der Waals surface area contributed by atoms with Crippen LogP contribution in [0.2, 0.25) is 0 Å². The van der Waals surface area contributed by atoms with E-state index in [1.807, 2.05) is 28.8 Å². The first-order valence-electron chi connectivity index (χ1n) is 8.69. The van der Waals surface area contributed by atoms with Crippen molar-refractivity contribution < 1.29 is 9.21 Å². The van der Waals surface area contributed by atoms with Crippen LogP contribution in [0.4, 0.5) is 11.5 Å². The molecule has 0 fully saturated rings. The molecule has 27 heavy (non-hydrogen) atoms. The van der Waals surface area contributed by atoms with Crippen molar-refractivity contribution in [2.24, 2.45) is 0 Å². The Morgan fingerprint density at radius 1 is 1.22 bits per heavy atom. The largest absolute Gasteiger partial charge is 0.444 e. The number of nitrogens with zero attached hydrogens (tertiary/aromatic N) is 3. The summed E-state index contributed by atoms with van der Waals surface area (Å²) in [5, 5.41) is 2.87. The topological polar surface area (TPSA) is 99.0 Å². The molecule has 4 rings (SSSR count). The van der Waals surface area contributed by atoms with Gasteiger partial charge in [-0.1, -0.05) is 25.5 Å². The number of unbranched alkanes of at least 4 members (excludes halogenated alkanes) is 1. The number of aryl methyl sites for hydroxylation is 1. The Hall–Kier alpha value is -2.87. The molecular formula is C19H18BrN5O2. The van der Waals surface area contributed by atoms with Crippen LogP contribution in [-0.2, 0) is 6.54 Å². The zero-order chi connectivity index (χ0) is 19.0. The smallest absolute Gasteiger partial charge is 0.292 e. The van der Waals surface area contributed by atoms with Crippen molar-refractivity contribution in [1.82, 2.24) is 14.5 Å². The van der Waals surface area contributed by atoms with Crippen LogP contribution in [0.1, 0.15) is 30.3 Å². The van der Waals surface area contributed by atoms with Gasteiger partial charge in [0.05, 0.1) is 11.0 Å². The lowest BCUT2D eigenvalue weighted by molar-refractivity contribution is 0.0994. The van der Waals surface area contributed by atoms with E-state index < -0.39 is 0 Å². The van der Waals surface area contributed by atoms with E-state index >= 15 is 0 Å². The van der Waals surface area contributed by atoms with Crippen LogP contribution in [-0.4, -0.2) is 20.4 Å². The fourth-order valence-electron chi connectivity index (χ4n) is 3.00. The predicted octanol–water partition coefficient (Wildman–Crippen LogP) is 4.57. The molecule has 0 unspecified atom stereocenters. The number of carbonyl (C=O) groups is 1. The number of carbonyl (C=O) groups excluding carboxylic acids is 1. The summed E-state index contributed by atoms with van der Waals surface area (Å²) in [4.78, 5) is 22.0. The Labute approximate surface area is 163 Å². The van der Waals surface area contributed by atoms with E-state index in [9.17, 15) is 4.79 Å². The van der Waals surface area contributed by atoms with Gasteiger partial charge in [0.2, 0.25) is 0 Å². The summed E-state index contributed by atoms with van der Waals surface area (Å²) >= 11 is 3.21. The number of nitrogens with one attached hydrogen (secondary N) is 1. The Balaban J connectivity index is 1.85. The summed E-state index contributed by atoms with van der Waals surface area (Å²) in [6.07, 6.45) is 1.92. The van der Waals surface area contributed by atoms with Gasteiger partial charge in [-0.15, -0.1) is 0 Å². The van der Waals surface area contributed by atoms with Gasteiger partial charge in [-0.3, -0.25) is 4.79 Å². The summed E-state index contributed by atoms with van der Waals surface area (Å²) in [5.41, 5.74) is 9.55. The van der Waals surface area contributed by atoms with Crippen LogP contribution in [0.15, 0.2) is 45.5 Å². The van der Waals surface area contributed by atoms with E-state index in [4.69, 9.17) is 15.1 Å². The predicted molar refractivity (Wildman–Crippen MR) is 109 cm³/mol. The molecule has 0 aliphatic carbocycles. The van der Waals surface area contributed by atoms with Crippen molar-refractivity contribution in [1.29, 1.82) is 0 Å². The number of hydrogen-bond acceptors (Lipinski definition) is 5. The SMILES string of the molecule is CCCCn1c(NC(=O)c2ccc(Br)o2)c(N)c2nc3ccccc3nc21. The molecule has 8 heteroatoms. The second-order valence-corrected chi connectivity index (χ2v) is 6.99. The number of fused-ring (bicyclic) bond motifs is 2. The Morgan fingerprint density at radius 3 is 2.63 bits per heavy atom. The molecule has 0 aliphatic rings. The lowest BCUT2D eigenvalue weighted by Crippen LogP contribution is -2.16. The van der Waals surface area contributed by atoms with Crippen molar-refractivity contribution >= 4 is 55.5 Å². The van der Waals surface area contributed by atoms with Gasteiger partial charge in [0.1, 0.15) is 17.0 Å². The summed E-state index contributed by atoms with van der Waals surface area (Å²) in [6.45, 7) is 2.78. The third-order valence-electron chi connectivity index (χ3n) is 4.35. The average molecular weight is 428 g/mol. The van der Waals surface area contributed by atoms with Crippen LogP contribution in [0.3, 0.4) is 0 Å². The lowest BCUT2D eigenvalue weighted by atomic mass is 10.3. The van der Waals surface area contributed by atoms with Crippen molar-refractivity contribution in [2.45, 2.75) is 26.3 Å². The highest BCUT2D eigenvalue weighted by Gasteiger charge is 2.21. The van der Waals surface area contributed by atoms with Gasteiger partial charge in [-0.2, -0.15) is 0 Å². The molecule has 1 aromatic carbocycles. The normalized spacial score (nSPS) is 11.3. The minimum absolute atomic E-state index is 0.194. The minimum atomic E-state index is -0.377. The molecule has 7 nitrogen and oxygen atoms in total. The van der Waals surface area contributed by atoms with Crippen molar-refractivity contribution in [2.75, 3.05) is 11.1 Å². The maximum Gasteiger partial charge on any atom is 0.292 e. The Kier molecular flexibility index (Phi) is 4.57. The number of furan rings is 1. The molecular weight excluding hydrogens is 410 g/mol. The van der Waals surface area contributed by atoms with E-state index in [1.54, 1.807) is 12.1 Å². The molecule has 0 saturated carbocycles. The number of aromatic nitrogens is 3. The van der Waals surface area contributed by atoms with Crippen molar-refractivity contribution in [3.63, 3.8) is 0 Å². The molecule has 0 aliphatic heterocycles. The minimum Gasteiger partial charge on any atom is -0.444 e. The second-order valence-electron chi connectivity index (χ2n) is 6.21. The molecule has 3 aromatic heterocycles. The van der Waals surface area contributed by atoms with E-state index in [1.165, 1.54) is 0 Å². The fraction of sp³-hybridized carbons (Fsp3) is 0.211. The number of nitrogen functional groups attached to an aromatic ring is 1. The highest BCUT2D eigenvalue weighted by Crippen LogP contribution is 2.32. The van der Waals surface area contributed by atoms with Crippen LogP contribution in [0.5, 0.6) is 0 Å². The number of anilines is 2. The van der Waals surface area contributed by atoms with E-state index in [-0.39, 0.29) is 11.7 Å².